The third-order valence-corrected chi connectivity index (χ3v) is 2.81. The fourth-order valence-corrected chi connectivity index (χ4v) is 1.98. The van der Waals surface area contributed by atoms with Crippen LogP contribution >= 0.6 is 0 Å². The van der Waals surface area contributed by atoms with E-state index < -0.39 is 5.97 Å². The number of ether oxygens (including phenoxy) is 1. The molecule has 1 unspecified atom stereocenters. The SMILES string of the molecule is COc1c(C)cnc(CC(C)CC(=O)O)c1C. The summed E-state index contributed by atoms with van der Waals surface area (Å²) >= 11 is 0. The van der Waals surface area contributed by atoms with Crippen LogP contribution in [0.2, 0.25) is 0 Å². The summed E-state index contributed by atoms with van der Waals surface area (Å²) in [6.07, 6.45) is 2.60. The molecule has 0 fully saturated rings. The summed E-state index contributed by atoms with van der Waals surface area (Å²) in [7, 11) is 1.64. The largest absolute Gasteiger partial charge is 0.496 e. The van der Waals surface area contributed by atoms with Gasteiger partial charge in [0.15, 0.2) is 0 Å². The molecule has 0 aliphatic carbocycles. The Kier molecular flexibility index (Phi) is 4.49. The molecule has 0 radical (unpaired) electrons. The fourth-order valence-electron chi connectivity index (χ4n) is 1.98. The number of carboxylic acid groups (broad SMARTS) is 1. The Balaban J connectivity index is 2.88. The third kappa shape index (κ3) is 3.44. The zero-order valence-electron chi connectivity index (χ0n) is 10.8. The van der Waals surface area contributed by atoms with Crippen LogP contribution in [0.25, 0.3) is 0 Å². The average molecular weight is 237 g/mol. The normalized spacial score (nSPS) is 12.2. The number of hydrogen-bond acceptors (Lipinski definition) is 3. The molecule has 1 atom stereocenters. The maximum atomic E-state index is 10.6. The standard InChI is InChI=1S/C13H19NO3/c1-8(6-12(15)16)5-11-10(3)13(17-4)9(2)7-14-11/h7-8H,5-6H2,1-4H3,(H,15,16). The molecule has 0 saturated carbocycles. The Morgan fingerprint density at radius 1 is 1.53 bits per heavy atom. The van der Waals surface area contributed by atoms with E-state index in [9.17, 15) is 4.79 Å². The Morgan fingerprint density at radius 3 is 2.71 bits per heavy atom. The third-order valence-electron chi connectivity index (χ3n) is 2.81. The second kappa shape index (κ2) is 5.66. The van der Waals surface area contributed by atoms with E-state index in [1.165, 1.54) is 0 Å². The molecule has 0 aliphatic rings. The van der Waals surface area contributed by atoms with Crippen molar-refractivity contribution >= 4 is 5.97 Å². The predicted octanol–water partition coefficient (Wildman–Crippen LogP) is 2.36. The molecule has 1 heterocycles. The first-order valence-electron chi connectivity index (χ1n) is 5.66. The number of aryl methyl sites for hydroxylation is 1. The summed E-state index contributed by atoms with van der Waals surface area (Å²) in [5, 5.41) is 8.73. The van der Waals surface area contributed by atoms with Crippen LogP contribution in [0.3, 0.4) is 0 Å². The molecule has 0 bridgehead atoms. The molecule has 17 heavy (non-hydrogen) atoms. The summed E-state index contributed by atoms with van der Waals surface area (Å²) in [6, 6.07) is 0. The zero-order chi connectivity index (χ0) is 13.0. The molecule has 94 valence electrons. The lowest BCUT2D eigenvalue weighted by atomic mass is 9.98. The lowest BCUT2D eigenvalue weighted by molar-refractivity contribution is -0.137. The first-order chi connectivity index (χ1) is 7.95. The topological polar surface area (TPSA) is 59.4 Å². The van der Waals surface area contributed by atoms with Gasteiger partial charge in [0.25, 0.3) is 0 Å². The van der Waals surface area contributed by atoms with Crippen LogP contribution in [0.4, 0.5) is 0 Å². The number of methoxy groups -OCH3 is 1. The van der Waals surface area contributed by atoms with Crippen LogP contribution in [0.5, 0.6) is 5.75 Å². The molecule has 1 aromatic rings. The van der Waals surface area contributed by atoms with Gasteiger partial charge in [0.05, 0.1) is 7.11 Å². The molecule has 0 aliphatic heterocycles. The molecule has 1 N–H and O–H groups in total. The van der Waals surface area contributed by atoms with E-state index in [1.807, 2.05) is 20.8 Å². The van der Waals surface area contributed by atoms with Crippen molar-refractivity contribution in [2.24, 2.45) is 5.92 Å². The van der Waals surface area contributed by atoms with Crippen LogP contribution < -0.4 is 4.74 Å². The predicted molar refractivity (Wildman–Crippen MR) is 65.4 cm³/mol. The maximum absolute atomic E-state index is 10.6. The van der Waals surface area contributed by atoms with Crippen molar-refractivity contribution in [2.45, 2.75) is 33.6 Å². The smallest absolute Gasteiger partial charge is 0.303 e. The molecular weight excluding hydrogens is 218 g/mol. The van der Waals surface area contributed by atoms with Crippen molar-refractivity contribution in [1.82, 2.24) is 4.98 Å². The van der Waals surface area contributed by atoms with Crippen LogP contribution in [0, 0.1) is 19.8 Å². The molecule has 0 aromatic carbocycles. The highest BCUT2D eigenvalue weighted by Gasteiger charge is 2.14. The van der Waals surface area contributed by atoms with Gasteiger partial charge in [0, 0.05) is 29.4 Å². The van der Waals surface area contributed by atoms with E-state index in [4.69, 9.17) is 9.84 Å². The minimum atomic E-state index is -0.769. The number of nitrogens with zero attached hydrogens (tertiary/aromatic N) is 1. The van der Waals surface area contributed by atoms with E-state index in [1.54, 1.807) is 13.3 Å². The van der Waals surface area contributed by atoms with Gasteiger partial charge >= 0.3 is 5.97 Å². The lowest BCUT2D eigenvalue weighted by Crippen LogP contribution is -2.10. The van der Waals surface area contributed by atoms with E-state index >= 15 is 0 Å². The molecule has 0 amide bonds. The lowest BCUT2D eigenvalue weighted by Gasteiger charge is -2.14. The summed E-state index contributed by atoms with van der Waals surface area (Å²) < 4.78 is 5.32. The Morgan fingerprint density at radius 2 is 2.18 bits per heavy atom. The Bertz CT molecular complexity index is 415. The van der Waals surface area contributed by atoms with Crippen molar-refractivity contribution in [2.75, 3.05) is 7.11 Å². The molecule has 4 heteroatoms. The van der Waals surface area contributed by atoms with Crippen LogP contribution in [-0.2, 0) is 11.2 Å². The number of rotatable bonds is 5. The maximum Gasteiger partial charge on any atom is 0.303 e. The Labute approximate surface area is 102 Å². The number of pyridine rings is 1. The minimum absolute atomic E-state index is 0.0751. The number of carbonyl (C=O) groups is 1. The second-order valence-electron chi connectivity index (χ2n) is 4.45. The average Bonchev–Trinajstić information content (AvgIpc) is 2.22. The van der Waals surface area contributed by atoms with Crippen molar-refractivity contribution in [3.63, 3.8) is 0 Å². The first kappa shape index (κ1) is 13.5. The number of aliphatic carboxylic acids is 1. The zero-order valence-corrected chi connectivity index (χ0v) is 10.8. The number of aromatic nitrogens is 1. The molecule has 1 aromatic heterocycles. The van der Waals surface area contributed by atoms with Gasteiger partial charge in [0.1, 0.15) is 5.75 Å². The van der Waals surface area contributed by atoms with E-state index in [0.29, 0.717) is 6.42 Å². The van der Waals surface area contributed by atoms with Crippen molar-refractivity contribution < 1.29 is 14.6 Å². The Hall–Kier alpha value is -1.58. The van der Waals surface area contributed by atoms with E-state index in [2.05, 4.69) is 4.98 Å². The highest BCUT2D eigenvalue weighted by Crippen LogP contribution is 2.25. The molecule has 4 nitrogen and oxygen atoms in total. The highest BCUT2D eigenvalue weighted by molar-refractivity contribution is 5.67. The first-order valence-corrected chi connectivity index (χ1v) is 5.66. The fraction of sp³-hybridized carbons (Fsp3) is 0.538. The van der Waals surface area contributed by atoms with Gasteiger partial charge in [0.2, 0.25) is 0 Å². The van der Waals surface area contributed by atoms with Crippen molar-refractivity contribution in [3.8, 4) is 5.75 Å². The summed E-state index contributed by atoms with van der Waals surface area (Å²) in [5.74, 6) is 0.151. The van der Waals surface area contributed by atoms with Gasteiger partial charge in [-0.2, -0.15) is 0 Å². The molecule has 1 rings (SSSR count). The van der Waals surface area contributed by atoms with E-state index in [-0.39, 0.29) is 12.3 Å². The van der Waals surface area contributed by atoms with Gasteiger partial charge in [-0.05, 0) is 26.2 Å². The summed E-state index contributed by atoms with van der Waals surface area (Å²) in [4.78, 5) is 15.0. The van der Waals surface area contributed by atoms with Crippen LogP contribution in [0.1, 0.15) is 30.2 Å². The quantitative estimate of drug-likeness (QED) is 0.854. The summed E-state index contributed by atoms with van der Waals surface area (Å²) in [6.45, 7) is 5.83. The molecule has 0 spiro atoms. The highest BCUT2D eigenvalue weighted by atomic mass is 16.5. The van der Waals surface area contributed by atoms with Gasteiger partial charge in [-0.3, -0.25) is 9.78 Å². The van der Waals surface area contributed by atoms with E-state index in [0.717, 1.165) is 22.6 Å². The molecular formula is C13H19NO3. The molecule has 0 saturated heterocycles. The van der Waals surface area contributed by atoms with Gasteiger partial charge in [-0.15, -0.1) is 0 Å². The number of hydrogen-bond donors (Lipinski definition) is 1. The van der Waals surface area contributed by atoms with Gasteiger partial charge in [-0.1, -0.05) is 6.92 Å². The summed E-state index contributed by atoms with van der Waals surface area (Å²) in [5.41, 5.74) is 2.92. The monoisotopic (exact) mass is 237 g/mol. The van der Waals surface area contributed by atoms with Crippen molar-refractivity contribution in [3.05, 3.63) is 23.0 Å². The van der Waals surface area contributed by atoms with Gasteiger partial charge < -0.3 is 9.84 Å². The van der Waals surface area contributed by atoms with Crippen molar-refractivity contribution in [1.29, 1.82) is 0 Å². The van der Waals surface area contributed by atoms with Crippen LogP contribution in [0.15, 0.2) is 6.20 Å². The second-order valence-corrected chi connectivity index (χ2v) is 4.45. The minimum Gasteiger partial charge on any atom is -0.496 e. The van der Waals surface area contributed by atoms with Gasteiger partial charge in [-0.25, -0.2) is 0 Å². The number of carboxylic acids is 1. The van der Waals surface area contributed by atoms with Crippen LogP contribution in [-0.4, -0.2) is 23.2 Å².